The van der Waals surface area contributed by atoms with Crippen LogP contribution in [0.25, 0.3) is 0 Å². The van der Waals surface area contributed by atoms with Gasteiger partial charge in [0.25, 0.3) is 0 Å². The van der Waals surface area contributed by atoms with Crippen molar-refractivity contribution >= 4 is 5.69 Å². The second-order valence-corrected chi connectivity index (χ2v) is 3.89. The summed E-state index contributed by atoms with van der Waals surface area (Å²) in [6, 6.07) is 6.16. The molecule has 0 saturated heterocycles. The van der Waals surface area contributed by atoms with Crippen molar-refractivity contribution in [2.24, 2.45) is 5.92 Å². The van der Waals surface area contributed by atoms with E-state index in [1.807, 2.05) is 13.0 Å². The third-order valence-corrected chi connectivity index (χ3v) is 2.68. The minimum Gasteiger partial charge on any atom is -0.388 e. The average Bonchev–Trinajstić information content (AvgIpc) is 2.12. The molecule has 1 aliphatic rings. The maximum atomic E-state index is 9.91. The first-order chi connectivity index (χ1) is 6.18. The number of hydrogen-bond donors (Lipinski definition) is 2. The summed E-state index contributed by atoms with van der Waals surface area (Å²) in [4.78, 5) is 0. The third kappa shape index (κ3) is 1.42. The van der Waals surface area contributed by atoms with Crippen LogP contribution < -0.4 is 5.32 Å². The van der Waals surface area contributed by atoms with Crippen LogP contribution >= 0.6 is 0 Å². The predicted molar refractivity (Wildman–Crippen MR) is 53.8 cm³/mol. The van der Waals surface area contributed by atoms with E-state index in [0.29, 0.717) is 5.92 Å². The highest BCUT2D eigenvalue weighted by Crippen LogP contribution is 2.33. The quantitative estimate of drug-likeness (QED) is 0.636. The molecule has 2 nitrogen and oxygen atoms in total. The van der Waals surface area contributed by atoms with Crippen LogP contribution in [0, 0.1) is 12.8 Å². The Bertz CT molecular complexity index is 322. The summed E-state index contributed by atoms with van der Waals surface area (Å²) in [6.07, 6.45) is -0.309. The summed E-state index contributed by atoms with van der Waals surface area (Å²) >= 11 is 0. The highest BCUT2D eigenvalue weighted by Gasteiger charge is 2.23. The molecule has 2 atom stereocenters. The Labute approximate surface area is 78.6 Å². The van der Waals surface area contributed by atoms with E-state index < -0.39 is 0 Å². The molecule has 1 aromatic rings. The summed E-state index contributed by atoms with van der Waals surface area (Å²) in [6.45, 7) is 4.96. The number of benzene rings is 1. The van der Waals surface area contributed by atoms with Gasteiger partial charge in [0, 0.05) is 23.7 Å². The van der Waals surface area contributed by atoms with Crippen molar-refractivity contribution < 1.29 is 5.11 Å². The molecule has 1 aliphatic heterocycles. The first kappa shape index (κ1) is 8.57. The van der Waals surface area contributed by atoms with Gasteiger partial charge in [0.05, 0.1) is 6.10 Å². The molecule has 13 heavy (non-hydrogen) atoms. The lowest BCUT2D eigenvalue weighted by Crippen LogP contribution is -2.25. The van der Waals surface area contributed by atoms with Gasteiger partial charge < -0.3 is 10.4 Å². The van der Waals surface area contributed by atoms with E-state index in [0.717, 1.165) is 17.8 Å². The lowest BCUT2D eigenvalue weighted by atomic mass is 9.91. The van der Waals surface area contributed by atoms with Crippen molar-refractivity contribution in [2.45, 2.75) is 20.0 Å². The highest BCUT2D eigenvalue weighted by atomic mass is 16.3. The van der Waals surface area contributed by atoms with Crippen molar-refractivity contribution in [3.63, 3.8) is 0 Å². The fourth-order valence-corrected chi connectivity index (χ4v) is 1.78. The number of aliphatic hydroxyl groups excluding tert-OH is 1. The Morgan fingerprint density at radius 2 is 2.23 bits per heavy atom. The number of anilines is 1. The van der Waals surface area contributed by atoms with Crippen molar-refractivity contribution in [2.75, 3.05) is 11.9 Å². The zero-order chi connectivity index (χ0) is 9.42. The smallest absolute Gasteiger partial charge is 0.0852 e. The van der Waals surface area contributed by atoms with Crippen LogP contribution in [0.15, 0.2) is 18.2 Å². The van der Waals surface area contributed by atoms with Crippen LogP contribution in [0.4, 0.5) is 5.69 Å². The summed E-state index contributed by atoms with van der Waals surface area (Å²) < 4.78 is 0. The van der Waals surface area contributed by atoms with Crippen molar-refractivity contribution in [3.05, 3.63) is 29.3 Å². The number of aliphatic hydroxyl groups is 1. The third-order valence-electron chi connectivity index (χ3n) is 2.68. The standard InChI is InChI=1S/C11H15NO/c1-7-3-4-10-9(5-7)11(13)8(2)6-12-10/h3-5,8,11-13H,6H2,1-2H3. The van der Waals surface area contributed by atoms with E-state index in [1.54, 1.807) is 0 Å². The fourth-order valence-electron chi connectivity index (χ4n) is 1.78. The molecule has 0 bridgehead atoms. The summed E-state index contributed by atoms with van der Waals surface area (Å²) in [7, 11) is 0. The molecular formula is C11H15NO. The van der Waals surface area contributed by atoms with Crippen LogP contribution in [-0.4, -0.2) is 11.7 Å². The first-order valence-electron chi connectivity index (χ1n) is 4.71. The first-order valence-corrected chi connectivity index (χ1v) is 4.71. The van der Waals surface area contributed by atoms with Crippen LogP contribution in [-0.2, 0) is 0 Å². The minimum absolute atomic E-state index is 0.300. The molecule has 0 spiro atoms. The second kappa shape index (κ2) is 3.04. The molecule has 1 heterocycles. The Morgan fingerprint density at radius 1 is 1.46 bits per heavy atom. The van der Waals surface area contributed by atoms with Crippen LogP contribution in [0.3, 0.4) is 0 Å². The average molecular weight is 177 g/mol. The van der Waals surface area contributed by atoms with Crippen LogP contribution in [0.5, 0.6) is 0 Å². The van der Waals surface area contributed by atoms with Gasteiger partial charge in [0.2, 0.25) is 0 Å². The largest absolute Gasteiger partial charge is 0.388 e. The Hall–Kier alpha value is -1.02. The van der Waals surface area contributed by atoms with Crippen molar-refractivity contribution in [1.82, 2.24) is 0 Å². The van der Waals surface area contributed by atoms with Gasteiger partial charge in [-0.25, -0.2) is 0 Å². The molecular weight excluding hydrogens is 162 g/mol. The maximum absolute atomic E-state index is 9.91. The molecule has 2 rings (SSSR count). The van der Waals surface area contributed by atoms with E-state index in [1.165, 1.54) is 5.56 Å². The fraction of sp³-hybridized carbons (Fsp3) is 0.455. The minimum atomic E-state index is -0.309. The lowest BCUT2D eigenvalue weighted by molar-refractivity contribution is 0.120. The summed E-state index contributed by atoms with van der Waals surface area (Å²) in [5.74, 6) is 0.300. The van der Waals surface area contributed by atoms with Crippen LogP contribution in [0.2, 0.25) is 0 Å². The van der Waals surface area contributed by atoms with E-state index in [-0.39, 0.29) is 6.10 Å². The zero-order valence-electron chi connectivity index (χ0n) is 8.04. The molecule has 2 N–H and O–H groups in total. The van der Waals surface area contributed by atoms with Gasteiger partial charge in [-0.15, -0.1) is 0 Å². The SMILES string of the molecule is Cc1ccc2c(c1)C(O)C(C)CN2. The highest BCUT2D eigenvalue weighted by molar-refractivity contribution is 5.55. The molecule has 70 valence electrons. The predicted octanol–water partition coefficient (Wildman–Crippen LogP) is 2.09. The number of hydrogen-bond acceptors (Lipinski definition) is 2. The molecule has 0 aromatic heterocycles. The zero-order valence-corrected chi connectivity index (χ0v) is 8.04. The van der Waals surface area contributed by atoms with E-state index in [4.69, 9.17) is 0 Å². The van der Waals surface area contributed by atoms with Gasteiger partial charge in [-0.3, -0.25) is 0 Å². The van der Waals surface area contributed by atoms with Gasteiger partial charge in [-0.1, -0.05) is 24.6 Å². The molecule has 0 amide bonds. The van der Waals surface area contributed by atoms with Gasteiger partial charge >= 0.3 is 0 Å². The lowest BCUT2D eigenvalue weighted by Gasteiger charge is -2.28. The van der Waals surface area contributed by atoms with Crippen molar-refractivity contribution in [1.29, 1.82) is 0 Å². The Balaban J connectivity index is 2.45. The molecule has 0 saturated carbocycles. The molecule has 2 heteroatoms. The molecule has 2 unspecified atom stereocenters. The normalized spacial score (nSPS) is 26.4. The van der Waals surface area contributed by atoms with Crippen molar-refractivity contribution in [3.8, 4) is 0 Å². The summed E-state index contributed by atoms with van der Waals surface area (Å²) in [5, 5.41) is 13.2. The number of nitrogens with one attached hydrogen (secondary N) is 1. The second-order valence-electron chi connectivity index (χ2n) is 3.89. The number of rotatable bonds is 0. The van der Waals surface area contributed by atoms with Crippen LogP contribution in [0.1, 0.15) is 24.2 Å². The van der Waals surface area contributed by atoms with Gasteiger partial charge in [-0.05, 0) is 13.0 Å². The topological polar surface area (TPSA) is 32.3 Å². The Kier molecular flexibility index (Phi) is 2.00. The van der Waals surface area contributed by atoms with E-state index in [2.05, 4.69) is 24.4 Å². The van der Waals surface area contributed by atoms with Gasteiger partial charge in [0.1, 0.15) is 0 Å². The molecule has 0 aliphatic carbocycles. The van der Waals surface area contributed by atoms with Gasteiger partial charge in [-0.2, -0.15) is 0 Å². The summed E-state index contributed by atoms with van der Waals surface area (Å²) in [5.41, 5.74) is 3.32. The van der Waals surface area contributed by atoms with Gasteiger partial charge in [0.15, 0.2) is 0 Å². The monoisotopic (exact) mass is 177 g/mol. The number of fused-ring (bicyclic) bond motifs is 1. The Morgan fingerprint density at radius 3 is 3.00 bits per heavy atom. The molecule has 0 fully saturated rings. The van der Waals surface area contributed by atoms with E-state index in [9.17, 15) is 5.11 Å². The maximum Gasteiger partial charge on any atom is 0.0852 e. The number of aryl methyl sites for hydroxylation is 1. The molecule has 1 aromatic carbocycles. The van der Waals surface area contributed by atoms with E-state index >= 15 is 0 Å². The molecule has 0 radical (unpaired) electrons.